The molecule has 3 aromatic carbocycles. The van der Waals surface area contributed by atoms with Gasteiger partial charge in [0, 0.05) is 16.3 Å². The van der Waals surface area contributed by atoms with Gasteiger partial charge < -0.3 is 23.9 Å². The van der Waals surface area contributed by atoms with E-state index < -0.39 is 17.8 Å². The number of hydrogen-bond donors (Lipinski definition) is 1. The Morgan fingerprint density at radius 2 is 1.86 bits per heavy atom. The van der Waals surface area contributed by atoms with Gasteiger partial charge in [-0.25, -0.2) is 14.6 Å². The number of rotatable bonds is 5. The van der Waals surface area contributed by atoms with Crippen LogP contribution in [0.3, 0.4) is 0 Å². The molecular weight excluding hydrogens is 468 g/mol. The van der Waals surface area contributed by atoms with Crippen LogP contribution in [0.1, 0.15) is 22.1 Å². The van der Waals surface area contributed by atoms with Crippen LogP contribution in [0, 0.1) is 0 Å². The van der Waals surface area contributed by atoms with Gasteiger partial charge in [-0.05, 0) is 35.0 Å². The van der Waals surface area contributed by atoms with E-state index in [0.717, 1.165) is 16.2 Å². The van der Waals surface area contributed by atoms with Crippen molar-refractivity contribution in [2.75, 3.05) is 19.5 Å². The van der Waals surface area contributed by atoms with E-state index >= 15 is 0 Å². The summed E-state index contributed by atoms with van der Waals surface area (Å²) in [7, 11) is 2.97. The number of aromatic nitrogens is 1. The van der Waals surface area contributed by atoms with E-state index in [1.807, 2.05) is 36.4 Å². The SMILES string of the molecule is COc1ccc2c(c1OC)C(=O)O[C@@H]2Nc1nc(-c2cc3c(ccc4ccccc43)oc2=O)cs1. The lowest BCUT2D eigenvalue weighted by atomic mass is 10.0. The van der Waals surface area contributed by atoms with Crippen LogP contribution in [0.25, 0.3) is 33.0 Å². The standard InChI is InChI=1S/C26H18N2O6S/c1-31-20-10-8-15-21(22(20)32-2)25(30)34-23(15)28-26-27-18(12-35-26)17-11-16-14-6-4-3-5-13(14)7-9-19(16)33-24(17)29/h3-12,23H,1-2H3,(H,27,28)/t23-/m0/s1. The van der Waals surface area contributed by atoms with E-state index in [0.29, 0.717) is 44.6 Å². The number of anilines is 1. The minimum atomic E-state index is -0.756. The third-order valence-electron chi connectivity index (χ3n) is 5.97. The predicted molar refractivity (Wildman–Crippen MR) is 132 cm³/mol. The highest BCUT2D eigenvalue weighted by Crippen LogP contribution is 2.42. The minimum Gasteiger partial charge on any atom is -0.493 e. The molecule has 6 rings (SSSR count). The number of cyclic esters (lactones) is 1. The molecule has 0 unspecified atom stereocenters. The first-order valence-corrected chi connectivity index (χ1v) is 11.6. The highest BCUT2D eigenvalue weighted by Gasteiger charge is 2.36. The average molecular weight is 487 g/mol. The number of ether oxygens (including phenoxy) is 3. The molecule has 0 saturated heterocycles. The van der Waals surface area contributed by atoms with E-state index in [4.69, 9.17) is 18.6 Å². The number of thiazole rings is 1. The molecule has 1 atom stereocenters. The summed E-state index contributed by atoms with van der Waals surface area (Å²) in [5.41, 5.74) is 1.79. The summed E-state index contributed by atoms with van der Waals surface area (Å²) in [5.74, 6) is 0.239. The molecule has 35 heavy (non-hydrogen) atoms. The normalized spacial score (nSPS) is 14.7. The Morgan fingerprint density at radius 3 is 2.69 bits per heavy atom. The Balaban J connectivity index is 1.36. The monoisotopic (exact) mass is 486 g/mol. The van der Waals surface area contributed by atoms with Crippen molar-refractivity contribution >= 4 is 44.2 Å². The van der Waals surface area contributed by atoms with Crippen molar-refractivity contribution in [1.82, 2.24) is 4.98 Å². The largest absolute Gasteiger partial charge is 0.493 e. The Bertz CT molecular complexity index is 1690. The fourth-order valence-corrected chi connectivity index (χ4v) is 5.06. The van der Waals surface area contributed by atoms with Crippen LogP contribution >= 0.6 is 11.3 Å². The molecule has 1 aliphatic heterocycles. The molecule has 0 bridgehead atoms. The van der Waals surface area contributed by atoms with Crippen molar-refractivity contribution in [3.8, 4) is 22.8 Å². The van der Waals surface area contributed by atoms with Crippen LogP contribution in [0.4, 0.5) is 5.13 Å². The first kappa shape index (κ1) is 21.2. The molecule has 0 radical (unpaired) electrons. The number of benzene rings is 3. The Labute approximate surface area is 202 Å². The van der Waals surface area contributed by atoms with Crippen molar-refractivity contribution in [2.24, 2.45) is 0 Å². The number of esters is 1. The van der Waals surface area contributed by atoms with Crippen molar-refractivity contribution in [3.05, 3.63) is 81.5 Å². The summed E-state index contributed by atoms with van der Waals surface area (Å²) >= 11 is 1.29. The molecule has 0 fully saturated rings. The van der Waals surface area contributed by atoms with E-state index in [2.05, 4.69) is 10.3 Å². The summed E-state index contributed by atoms with van der Waals surface area (Å²) in [5, 5.41) is 8.25. The minimum absolute atomic E-state index is 0.309. The van der Waals surface area contributed by atoms with Gasteiger partial charge in [-0.15, -0.1) is 11.3 Å². The highest BCUT2D eigenvalue weighted by atomic mass is 32.1. The lowest BCUT2D eigenvalue weighted by Crippen LogP contribution is -2.10. The predicted octanol–water partition coefficient (Wildman–Crippen LogP) is 5.37. The van der Waals surface area contributed by atoms with E-state index in [1.54, 1.807) is 23.6 Å². The van der Waals surface area contributed by atoms with Gasteiger partial charge in [-0.2, -0.15) is 0 Å². The van der Waals surface area contributed by atoms with Crippen molar-refractivity contribution in [1.29, 1.82) is 0 Å². The van der Waals surface area contributed by atoms with Crippen molar-refractivity contribution < 1.29 is 23.4 Å². The van der Waals surface area contributed by atoms with Gasteiger partial charge in [-0.1, -0.05) is 30.3 Å². The van der Waals surface area contributed by atoms with Crippen LogP contribution < -0.4 is 20.4 Å². The summed E-state index contributed by atoms with van der Waals surface area (Å²) in [6.07, 6.45) is -0.756. The molecule has 1 N–H and O–H groups in total. The molecule has 0 amide bonds. The van der Waals surface area contributed by atoms with Gasteiger partial charge in [-0.3, -0.25) is 0 Å². The van der Waals surface area contributed by atoms with E-state index in [1.165, 1.54) is 25.6 Å². The molecule has 0 aliphatic carbocycles. The number of nitrogens with zero attached hydrogens (tertiary/aromatic N) is 1. The zero-order valence-electron chi connectivity index (χ0n) is 18.7. The topological polar surface area (TPSA) is 99.9 Å². The fraction of sp³-hybridized carbons (Fsp3) is 0.115. The van der Waals surface area contributed by atoms with Crippen molar-refractivity contribution in [2.45, 2.75) is 6.23 Å². The smallest absolute Gasteiger partial charge is 0.345 e. The Kier molecular flexibility index (Phi) is 4.93. The molecule has 0 spiro atoms. The Morgan fingerprint density at radius 1 is 1.00 bits per heavy atom. The number of hydrogen-bond acceptors (Lipinski definition) is 9. The molecule has 8 nitrogen and oxygen atoms in total. The number of methoxy groups -OCH3 is 2. The zero-order chi connectivity index (χ0) is 24.1. The van der Waals surface area contributed by atoms with E-state index in [-0.39, 0.29) is 0 Å². The fourth-order valence-electron chi connectivity index (χ4n) is 4.33. The summed E-state index contributed by atoms with van der Waals surface area (Å²) in [6, 6.07) is 16.9. The number of carbonyl (C=O) groups excluding carboxylic acids is 1. The van der Waals surface area contributed by atoms with Crippen molar-refractivity contribution in [3.63, 3.8) is 0 Å². The average Bonchev–Trinajstić information content (AvgIpc) is 3.47. The van der Waals surface area contributed by atoms with Gasteiger partial charge in [0.05, 0.1) is 25.5 Å². The zero-order valence-corrected chi connectivity index (χ0v) is 19.5. The lowest BCUT2D eigenvalue weighted by Gasteiger charge is -2.13. The maximum absolute atomic E-state index is 12.7. The number of fused-ring (bicyclic) bond motifs is 4. The van der Waals surface area contributed by atoms with Gasteiger partial charge >= 0.3 is 11.6 Å². The van der Waals surface area contributed by atoms with Crippen LogP contribution in [0.15, 0.2) is 69.2 Å². The summed E-state index contributed by atoms with van der Waals surface area (Å²) < 4.78 is 21.8. The summed E-state index contributed by atoms with van der Waals surface area (Å²) in [4.78, 5) is 29.9. The molecule has 5 aromatic rings. The quantitative estimate of drug-likeness (QED) is 0.201. The molecule has 174 valence electrons. The molecule has 1 aliphatic rings. The molecular formula is C26H18N2O6S. The highest BCUT2D eigenvalue weighted by molar-refractivity contribution is 7.14. The maximum Gasteiger partial charge on any atom is 0.345 e. The maximum atomic E-state index is 12.7. The second-order valence-corrected chi connectivity index (χ2v) is 8.74. The third kappa shape index (κ3) is 3.39. The van der Waals surface area contributed by atoms with Gasteiger partial charge in [0.15, 0.2) is 16.6 Å². The molecule has 9 heteroatoms. The first-order chi connectivity index (χ1) is 17.1. The van der Waals surface area contributed by atoms with Crippen LogP contribution in [-0.2, 0) is 4.74 Å². The Hall–Kier alpha value is -4.37. The van der Waals surface area contributed by atoms with Crippen LogP contribution in [-0.4, -0.2) is 25.2 Å². The number of nitrogens with one attached hydrogen (secondary N) is 1. The van der Waals surface area contributed by atoms with E-state index in [9.17, 15) is 9.59 Å². The van der Waals surface area contributed by atoms with Gasteiger partial charge in [0.25, 0.3) is 0 Å². The van der Waals surface area contributed by atoms with Crippen LogP contribution in [0.5, 0.6) is 11.5 Å². The number of carbonyl (C=O) groups is 1. The summed E-state index contributed by atoms with van der Waals surface area (Å²) in [6.45, 7) is 0. The molecule has 3 heterocycles. The van der Waals surface area contributed by atoms with Gasteiger partial charge in [0.1, 0.15) is 11.1 Å². The second kappa shape index (κ2) is 8.14. The first-order valence-electron chi connectivity index (χ1n) is 10.7. The molecule has 0 saturated carbocycles. The lowest BCUT2D eigenvalue weighted by molar-refractivity contribution is 0.0435. The molecule has 2 aromatic heterocycles. The third-order valence-corrected chi connectivity index (χ3v) is 6.74. The second-order valence-electron chi connectivity index (χ2n) is 7.88. The van der Waals surface area contributed by atoms with Gasteiger partial charge in [0.2, 0.25) is 6.23 Å². The van der Waals surface area contributed by atoms with Crippen LogP contribution in [0.2, 0.25) is 0 Å².